The maximum Gasteiger partial charge on any atom is 0.159 e. The highest BCUT2D eigenvalue weighted by atomic mass is 15.0. The summed E-state index contributed by atoms with van der Waals surface area (Å²) in [7, 11) is 0. The minimum atomic E-state index is 0.885. The Morgan fingerprint density at radius 3 is 3.09 bits per heavy atom. The monoisotopic (exact) mass is 146 g/mol. The maximum atomic E-state index is 4.27. The third-order valence-corrected chi connectivity index (χ3v) is 1.61. The van der Waals surface area contributed by atoms with Gasteiger partial charge in [-0.1, -0.05) is 0 Å². The molecule has 2 heterocycles. The Morgan fingerprint density at radius 1 is 1.45 bits per heavy atom. The summed E-state index contributed by atoms with van der Waals surface area (Å²) >= 11 is 0. The van der Waals surface area contributed by atoms with Crippen LogP contribution in [-0.4, -0.2) is 14.4 Å². The van der Waals surface area contributed by atoms with E-state index in [0.29, 0.717) is 0 Å². The van der Waals surface area contributed by atoms with Gasteiger partial charge in [0.2, 0.25) is 0 Å². The molecule has 0 aliphatic carbocycles. The average molecular weight is 146 g/mol. The molecule has 0 aromatic carbocycles. The zero-order valence-electron chi connectivity index (χ0n) is 6.50. The fraction of sp³-hybridized carbons (Fsp3) is 0.250. The molecule has 0 spiro atoms. The summed E-state index contributed by atoms with van der Waals surface area (Å²) in [5, 5.41) is 0. The molecule has 0 saturated carbocycles. The van der Waals surface area contributed by atoms with E-state index in [4.69, 9.17) is 0 Å². The topological polar surface area (TPSA) is 30.2 Å². The first kappa shape index (κ1) is 6.34. The molecule has 0 unspecified atom stereocenters. The lowest BCUT2D eigenvalue weighted by atomic mass is 10.4. The first-order chi connectivity index (χ1) is 5.27. The molecule has 3 heteroatoms. The number of hydrogen-bond acceptors (Lipinski definition) is 2. The molecule has 0 aliphatic rings. The first-order valence-electron chi connectivity index (χ1n) is 3.46. The van der Waals surface area contributed by atoms with Gasteiger partial charge in [0, 0.05) is 12.4 Å². The quantitative estimate of drug-likeness (QED) is 0.558. The molecule has 1 radical (unpaired) electrons. The van der Waals surface area contributed by atoms with Crippen LogP contribution in [0.1, 0.15) is 11.4 Å². The third kappa shape index (κ3) is 0.888. The minimum Gasteiger partial charge on any atom is -0.303 e. The van der Waals surface area contributed by atoms with Gasteiger partial charge in [0.1, 0.15) is 6.20 Å². The summed E-state index contributed by atoms with van der Waals surface area (Å²) in [6.45, 7) is 3.91. The van der Waals surface area contributed by atoms with Gasteiger partial charge < -0.3 is 4.40 Å². The van der Waals surface area contributed by atoms with Crippen LogP contribution in [0.15, 0.2) is 12.4 Å². The molecular formula is C8H8N3. The van der Waals surface area contributed by atoms with E-state index in [0.717, 1.165) is 17.0 Å². The van der Waals surface area contributed by atoms with Gasteiger partial charge in [0.15, 0.2) is 5.65 Å². The van der Waals surface area contributed by atoms with Crippen molar-refractivity contribution >= 4 is 5.65 Å². The van der Waals surface area contributed by atoms with Gasteiger partial charge in [-0.05, 0) is 13.8 Å². The lowest BCUT2D eigenvalue weighted by Gasteiger charge is -1.98. The Hall–Kier alpha value is -1.38. The first-order valence-corrected chi connectivity index (χ1v) is 3.46. The van der Waals surface area contributed by atoms with Crippen LogP contribution in [0.4, 0.5) is 0 Å². The summed E-state index contributed by atoms with van der Waals surface area (Å²) in [5.74, 6) is 0. The molecule has 3 nitrogen and oxygen atoms in total. The van der Waals surface area contributed by atoms with Crippen molar-refractivity contribution < 1.29 is 0 Å². The summed E-state index contributed by atoms with van der Waals surface area (Å²) in [6.07, 6.45) is 6.52. The maximum absolute atomic E-state index is 4.27. The van der Waals surface area contributed by atoms with Crippen molar-refractivity contribution in [3.8, 4) is 0 Å². The molecule has 0 N–H and O–H groups in total. The number of aryl methyl sites for hydroxylation is 2. The van der Waals surface area contributed by atoms with Crippen molar-refractivity contribution in [1.29, 1.82) is 0 Å². The lowest BCUT2D eigenvalue weighted by Crippen LogP contribution is -1.93. The van der Waals surface area contributed by atoms with E-state index in [1.807, 2.05) is 24.4 Å². The second-order valence-electron chi connectivity index (χ2n) is 2.57. The van der Waals surface area contributed by atoms with Crippen LogP contribution in [0.25, 0.3) is 5.65 Å². The molecule has 2 aromatic heterocycles. The van der Waals surface area contributed by atoms with Gasteiger partial charge in [-0.3, -0.25) is 4.98 Å². The molecule has 2 rings (SSSR count). The smallest absolute Gasteiger partial charge is 0.159 e. The van der Waals surface area contributed by atoms with Crippen molar-refractivity contribution in [2.75, 3.05) is 0 Å². The van der Waals surface area contributed by atoms with E-state index in [2.05, 4.69) is 16.2 Å². The van der Waals surface area contributed by atoms with Crippen molar-refractivity contribution in [3.63, 3.8) is 0 Å². The predicted octanol–water partition coefficient (Wildman–Crippen LogP) is 1.15. The van der Waals surface area contributed by atoms with Crippen molar-refractivity contribution in [2.45, 2.75) is 13.8 Å². The molecule has 0 aliphatic heterocycles. The number of imidazole rings is 1. The normalized spacial score (nSPS) is 10.7. The van der Waals surface area contributed by atoms with Crippen LogP contribution in [-0.2, 0) is 0 Å². The Morgan fingerprint density at radius 2 is 2.27 bits per heavy atom. The standard InChI is InChI=1S/C8H8N3/c1-6-5-11-4-3-9-8(11)7(2)10-6/h4-5H,1-2H3. The second-order valence-corrected chi connectivity index (χ2v) is 2.57. The SMILES string of the molecule is Cc1cn2c[c]nc2c(C)n1. The number of fused-ring (bicyclic) bond motifs is 1. The van der Waals surface area contributed by atoms with Gasteiger partial charge in [-0.15, -0.1) is 0 Å². The summed E-state index contributed by atoms with van der Waals surface area (Å²) in [5.41, 5.74) is 2.84. The van der Waals surface area contributed by atoms with Crippen LogP contribution >= 0.6 is 0 Å². The Bertz CT molecular complexity index is 389. The Labute approximate surface area is 64.7 Å². The van der Waals surface area contributed by atoms with Crippen molar-refractivity contribution in [3.05, 3.63) is 30.0 Å². The summed E-state index contributed by atoms with van der Waals surface area (Å²) in [6, 6.07) is 0. The van der Waals surface area contributed by atoms with Crippen LogP contribution < -0.4 is 0 Å². The van der Waals surface area contributed by atoms with E-state index >= 15 is 0 Å². The van der Waals surface area contributed by atoms with Crippen LogP contribution in [0.2, 0.25) is 0 Å². The number of rotatable bonds is 0. The van der Waals surface area contributed by atoms with Gasteiger partial charge in [-0.25, -0.2) is 4.98 Å². The van der Waals surface area contributed by atoms with Gasteiger partial charge >= 0.3 is 0 Å². The van der Waals surface area contributed by atoms with E-state index in [-0.39, 0.29) is 0 Å². The predicted molar refractivity (Wildman–Crippen MR) is 41.3 cm³/mol. The largest absolute Gasteiger partial charge is 0.303 e. The molecule has 0 saturated heterocycles. The van der Waals surface area contributed by atoms with Crippen molar-refractivity contribution in [1.82, 2.24) is 14.4 Å². The molecule has 55 valence electrons. The highest BCUT2D eigenvalue weighted by Crippen LogP contribution is 2.04. The molecule has 0 atom stereocenters. The van der Waals surface area contributed by atoms with E-state index in [1.54, 1.807) is 6.20 Å². The minimum absolute atomic E-state index is 0.885. The fourth-order valence-electron chi connectivity index (χ4n) is 1.18. The van der Waals surface area contributed by atoms with Gasteiger partial charge in [-0.2, -0.15) is 0 Å². The number of hydrogen-bond donors (Lipinski definition) is 0. The van der Waals surface area contributed by atoms with Crippen LogP contribution in [0, 0.1) is 20.0 Å². The van der Waals surface area contributed by atoms with Gasteiger partial charge in [0.25, 0.3) is 0 Å². The Balaban J connectivity index is 2.91. The van der Waals surface area contributed by atoms with E-state index < -0.39 is 0 Å². The highest BCUT2D eigenvalue weighted by molar-refractivity contribution is 5.42. The van der Waals surface area contributed by atoms with Crippen molar-refractivity contribution in [2.24, 2.45) is 0 Å². The molecule has 0 fully saturated rings. The Kier molecular flexibility index (Phi) is 1.18. The highest BCUT2D eigenvalue weighted by Gasteiger charge is 1.99. The molecular weight excluding hydrogens is 138 g/mol. The van der Waals surface area contributed by atoms with E-state index in [9.17, 15) is 0 Å². The second kappa shape index (κ2) is 2.05. The molecule has 0 amide bonds. The summed E-state index contributed by atoms with van der Waals surface area (Å²) < 4.78 is 1.93. The van der Waals surface area contributed by atoms with Crippen LogP contribution in [0.5, 0.6) is 0 Å². The molecule has 0 bridgehead atoms. The van der Waals surface area contributed by atoms with Crippen LogP contribution in [0.3, 0.4) is 0 Å². The third-order valence-electron chi connectivity index (χ3n) is 1.61. The van der Waals surface area contributed by atoms with Gasteiger partial charge in [0.05, 0.1) is 11.4 Å². The van der Waals surface area contributed by atoms with E-state index in [1.165, 1.54) is 0 Å². The summed E-state index contributed by atoms with van der Waals surface area (Å²) in [4.78, 5) is 8.31. The number of nitrogens with zero attached hydrogens (tertiary/aromatic N) is 3. The fourth-order valence-corrected chi connectivity index (χ4v) is 1.18. The number of aromatic nitrogens is 3. The zero-order chi connectivity index (χ0) is 7.84. The average Bonchev–Trinajstić information content (AvgIpc) is 2.34. The molecule has 11 heavy (non-hydrogen) atoms. The lowest BCUT2D eigenvalue weighted by molar-refractivity contribution is 1.03. The zero-order valence-corrected chi connectivity index (χ0v) is 6.50. The molecule has 2 aromatic rings.